The number of hydrogen-bond acceptors (Lipinski definition) is 2. The van der Waals surface area contributed by atoms with Gasteiger partial charge in [-0.2, -0.15) is 0 Å². The van der Waals surface area contributed by atoms with E-state index in [1.807, 2.05) is 7.05 Å². The van der Waals surface area contributed by atoms with Crippen LogP contribution in [0.2, 0.25) is 0 Å². The molecule has 106 valence electrons. The number of hydrogen-bond donors (Lipinski definition) is 2. The highest BCUT2D eigenvalue weighted by Gasteiger charge is 2.19. The lowest BCUT2D eigenvalue weighted by molar-refractivity contribution is 0.460. The zero-order valence-corrected chi connectivity index (χ0v) is 12.6. The molecule has 0 aliphatic heterocycles. The van der Waals surface area contributed by atoms with Gasteiger partial charge >= 0.3 is 0 Å². The largest absolute Gasteiger partial charge is 0.308 e. The highest BCUT2D eigenvalue weighted by Crippen LogP contribution is 2.26. The molecule has 0 aromatic heterocycles. The average molecular weight is 268 g/mol. The van der Waals surface area contributed by atoms with Crippen molar-refractivity contribution in [1.29, 1.82) is 0 Å². The van der Waals surface area contributed by atoms with E-state index in [1.165, 1.54) is 16.7 Å². The van der Waals surface area contributed by atoms with Gasteiger partial charge in [0.25, 0.3) is 0 Å². The lowest BCUT2D eigenvalue weighted by Crippen LogP contribution is -2.37. The Balaban J connectivity index is 2.11. The molecule has 2 aromatic rings. The third kappa shape index (κ3) is 3.69. The lowest BCUT2D eigenvalue weighted by atomic mass is 9.84. The van der Waals surface area contributed by atoms with E-state index >= 15 is 0 Å². The van der Waals surface area contributed by atoms with Gasteiger partial charge in [0.1, 0.15) is 0 Å². The van der Waals surface area contributed by atoms with Crippen molar-refractivity contribution in [2.75, 3.05) is 20.3 Å². The third-order valence-electron chi connectivity index (χ3n) is 3.64. The predicted octanol–water partition coefficient (Wildman–Crippen LogP) is 3.40. The molecular formula is C18H24N2. The van der Waals surface area contributed by atoms with Crippen molar-refractivity contribution in [3.05, 3.63) is 60.2 Å². The first-order valence-corrected chi connectivity index (χ1v) is 7.15. The monoisotopic (exact) mass is 268 g/mol. The second kappa shape index (κ2) is 6.69. The highest BCUT2D eigenvalue weighted by molar-refractivity contribution is 5.63. The summed E-state index contributed by atoms with van der Waals surface area (Å²) in [7, 11) is 1.95. The molecule has 0 aliphatic rings. The molecular weight excluding hydrogens is 244 g/mol. The molecule has 0 heterocycles. The zero-order valence-electron chi connectivity index (χ0n) is 12.6. The Morgan fingerprint density at radius 2 is 1.45 bits per heavy atom. The van der Waals surface area contributed by atoms with E-state index in [1.54, 1.807) is 0 Å². The fourth-order valence-electron chi connectivity index (χ4n) is 2.35. The van der Waals surface area contributed by atoms with Crippen molar-refractivity contribution in [3.8, 4) is 11.1 Å². The highest BCUT2D eigenvalue weighted by atomic mass is 15.0. The van der Waals surface area contributed by atoms with Crippen molar-refractivity contribution in [1.82, 2.24) is 10.6 Å². The molecule has 2 rings (SSSR count). The number of rotatable bonds is 6. The van der Waals surface area contributed by atoms with Crippen LogP contribution in [0.1, 0.15) is 19.4 Å². The van der Waals surface area contributed by atoms with Gasteiger partial charge in [-0.05, 0) is 23.7 Å². The molecule has 2 aromatic carbocycles. The van der Waals surface area contributed by atoms with Crippen molar-refractivity contribution in [2.24, 2.45) is 0 Å². The van der Waals surface area contributed by atoms with Crippen LogP contribution in [0.15, 0.2) is 54.6 Å². The molecule has 0 atom stereocenters. The van der Waals surface area contributed by atoms with Crippen LogP contribution in [-0.4, -0.2) is 20.3 Å². The lowest BCUT2D eigenvalue weighted by Gasteiger charge is -2.26. The van der Waals surface area contributed by atoms with Crippen molar-refractivity contribution in [2.45, 2.75) is 19.3 Å². The molecule has 2 N–H and O–H groups in total. The predicted molar refractivity (Wildman–Crippen MR) is 86.8 cm³/mol. The van der Waals surface area contributed by atoms with Crippen LogP contribution < -0.4 is 10.6 Å². The van der Waals surface area contributed by atoms with E-state index in [0.717, 1.165) is 13.2 Å². The summed E-state index contributed by atoms with van der Waals surface area (Å²) < 4.78 is 0. The second-order valence-corrected chi connectivity index (χ2v) is 5.78. The van der Waals surface area contributed by atoms with Crippen LogP contribution in [0.25, 0.3) is 11.1 Å². The summed E-state index contributed by atoms with van der Waals surface area (Å²) >= 11 is 0. The summed E-state index contributed by atoms with van der Waals surface area (Å²) in [6, 6.07) is 19.4. The summed E-state index contributed by atoms with van der Waals surface area (Å²) in [5.41, 5.74) is 4.03. The van der Waals surface area contributed by atoms with Gasteiger partial charge in [0.2, 0.25) is 0 Å². The molecule has 0 radical (unpaired) electrons. The van der Waals surface area contributed by atoms with Crippen molar-refractivity contribution < 1.29 is 0 Å². The van der Waals surface area contributed by atoms with E-state index in [0.29, 0.717) is 0 Å². The average Bonchev–Trinajstić information content (AvgIpc) is 2.48. The Morgan fingerprint density at radius 1 is 0.850 bits per heavy atom. The maximum absolute atomic E-state index is 3.41. The first kappa shape index (κ1) is 14.8. The Bertz CT molecular complexity index is 515. The molecule has 0 bridgehead atoms. The van der Waals surface area contributed by atoms with E-state index in [4.69, 9.17) is 0 Å². The molecule has 20 heavy (non-hydrogen) atoms. The van der Waals surface area contributed by atoms with Crippen LogP contribution >= 0.6 is 0 Å². The topological polar surface area (TPSA) is 24.1 Å². The van der Waals surface area contributed by atoms with E-state index in [9.17, 15) is 0 Å². The summed E-state index contributed by atoms with van der Waals surface area (Å²) in [5.74, 6) is 0. The maximum Gasteiger partial charge on any atom is 0.0452 e. The van der Waals surface area contributed by atoms with Crippen molar-refractivity contribution in [3.63, 3.8) is 0 Å². The SMILES string of the molecule is CNCNCC(C)(C)c1ccc(-c2ccccc2)cc1. The van der Waals surface area contributed by atoms with Gasteiger partial charge < -0.3 is 10.6 Å². The van der Waals surface area contributed by atoms with Crippen LogP contribution in [0.3, 0.4) is 0 Å². The Kier molecular flexibility index (Phi) is 4.94. The zero-order chi connectivity index (χ0) is 14.4. The molecule has 0 saturated carbocycles. The number of nitrogens with one attached hydrogen (secondary N) is 2. The van der Waals surface area contributed by atoms with E-state index in [-0.39, 0.29) is 5.41 Å². The summed E-state index contributed by atoms with van der Waals surface area (Å²) in [6.45, 7) is 6.34. The van der Waals surface area contributed by atoms with Gasteiger partial charge in [-0.25, -0.2) is 0 Å². The first-order valence-electron chi connectivity index (χ1n) is 7.15. The fraction of sp³-hybridized carbons (Fsp3) is 0.333. The van der Waals surface area contributed by atoms with Gasteiger partial charge in [0.05, 0.1) is 0 Å². The van der Waals surface area contributed by atoms with Gasteiger partial charge in [-0.1, -0.05) is 68.4 Å². The minimum Gasteiger partial charge on any atom is -0.308 e. The number of benzene rings is 2. The Labute approximate surface area is 122 Å². The third-order valence-corrected chi connectivity index (χ3v) is 3.64. The van der Waals surface area contributed by atoms with Crippen LogP contribution in [0, 0.1) is 0 Å². The Hall–Kier alpha value is -1.64. The first-order chi connectivity index (χ1) is 9.63. The van der Waals surface area contributed by atoms with Crippen LogP contribution in [-0.2, 0) is 5.41 Å². The molecule has 0 amide bonds. The minimum atomic E-state index is 0.131. The molecule has 0 spiro atoms. The minimum absolute atomic E-state index is 0.131. The maximum atomic E-state index is 3.41. The smallest absolute Gasteiger partial charge is 0.0452 e. The van der Waals surface area contributed by atoms with Gasteiger partial charge in [-0.15, -0.1) is 0 Å². The summed E-state index contributed by atoms with van der Waals surface area (Å²) in [4.78, 5) is 0. The van der Waals surface area contributed by atoms with E-state index in [2.05, 4.69) is 79.1 Å². The van der Waals surface area contributed by atoms with Crippen molar-refractivity contribution >= 4 is 0 Å². The van der Waals surface area contributed by atoms with Crippen LogP contribution in [0.5, 0.6) is 0 Å². The molecule has 0 saturated heterocycles. The fourth-order valence-corrected chi connectivity index (χ4v) is 2.35. The van der Waals surface area contributed by atoms with Gasteiger partial charge in [-0.3, -0.25) is 0 Å². The summed E-state index contributed by atoms with van der Waals surface area (Å²) in [5, 5.41) is 6.52. The molecule has 0 aliphatic carbocycles. The normalized spacial score (nSPS) is 11.6. The quantitative estimate of drug-likeness (QED) is 0.620. The summed E-state index contributed by atoms with van der Waals surface area (Å²) in [6.07, 6.45) is 0. The molecule has 0 fully saturated rings. The van der Waals surface area contributed by atoms with Gasteiger partial charge in [0.15, 0.2) is 0 Å². The van der Waals surface area contributed by atoms with E-state index < -0.39 is 0 Å². The molecule has 0 unspecified atom stereocenters. The molecule has 2 heteroatoms. The van der Waals surface area contributed by atoms with Gasteiger partial charge in [0, 0.05) is 18.6 Å². The molecule has 2 nitrogen and oxygen atoms in total. The van der Waals surface area contributed by atoms with Crippen LogP contribution in [0.4, 0.5) is 0 Å². The Morgan fingerprint density at radius 3 is 2.05 bits per heavy atom. The standard InChI is InChI=1S/C18H24N2/c1-18(2,13-20-14-19-3)17-11-9-16(10-12-17)15-7-5-4-6-8-15/h4-12,19-20H,13-14H2,1-3H3. The second-order valence-electron chi connectivity index (χ2n) is 5.78.